The van der Waals surface area contributed by atoms with E-state index in [0.717, 1.165) is 60.7 Å². The molecule has 1 amide bonds. The average Bonchev–Trinajstić information content (AvgIpc) is 3.21. The van der Waals surface area contributed by atoms with Crippen molar-refractivity contribution in [1.29, 1.82) is 0 Å². The van der Waals surface area contributed by atoms with Crippen molar-refractivity contribution < 1.29 is 35.9 Å². The van der Waals surface area contributed by atoms with E-state index >= 15 is 0 Å². The Balaban J connectivity index is 1.45. The number of hydrogen-bond donors (Lipinski definition) is 2. The number of ether oxygens (including phenoxy) is 1. The SMILES string of the molecule is COC(=O)CNc1ccc(/C=C/S(=O)(=O)N2CCC3(CC2)N=C(C2CCCCC2)NC3=O)c(C(F)(F)F)c1. The van der Waals surface area contributed by atoms with Gasteiger partial charge in [0.25, 0.3) is 5.91 Å². The van der Waals surface area contributed by atoms with E-state index in [0.29, 0.717) is 5.84 Å². The smallest absolute Gasteiger partial charge is 0.417 e. The number of aliphatic imine (C=N–C) groups is 1. The maximum atomic E-state index is 13.7. The van der Waals surface area contributed by atoms with Gasteiger partial charge in [-0.1, -0.05) is 25.3 Å². The van der Waals surface area contributed by atoms with Gasteiger partial charge in [-0.2, -0.15) is 17.5 Å². The first-order valence-corrected chi connectivity index (χ1v) is 14.1. The van der Waals surface area contributed by atoms with E-state index in [2.05, 4.69) is 15.4 Å². The van der Waals surface area contributed by atoms with Gasteiger partial charge < -0.3 is 15.4 Å². The number of amidine groups is 1. The number of nitrogens with zero attached hydrogens (tertiary/aromatic N) is 2. The van der Waals surface area contributed by atoms with Gasteiger partial charge in [-0.25, -0.2) is 8.42 Å². The van der Waals surface area contributed by atoms with Gasteiger partial charge in [0.05, 0.1) is 12.7 Å². The highest BCUT2D eigenvalue weighted by molar-refractivity contribution is 7.92. The second-order valence-electron chi connectivity index (χ2n) is 9.79. The lowest BCUT2D eigenvalue weighted by Gasteiger charge is -2.34. The lowest BCUT2D eigenvalue weighted by molar-refractivity contribution is -0.138. The molecule has 13 heteroatoms. The van der Waals surface area contributed by atoms with E-state index in [-0.39, 0.29) is 55.6 Å². The van der Waals surface area contributed by atoms with Crippen molar-refractivity contribution in [3.8, 4) is 0 Å². The van der Waals surface area contributed by atoms with Crippen LogP contribution in [0.1, 0.15) is 56.1 Å². The van der Waals surface area contributed by atoms with Crippen LogP contribution in [0.3, 0.4) is 0 Å². The molecule has 0 aromatic heterocycles. The molecule has 2 heterocycles. The molecule has 1 aromatic carbocycles. The van der Waals surface area contributed by atoms with Crippen molar-refractivity contribution in [3.63, 3.8) is 0 Å². The molecule has 2 N–H and O–H groups in total. The molecule has 1 aliphatic carbocycles. The summed E-state index contributed by atoms with van der Waals surface area (Å²) in [6, 6.07) is 3.25. The summed E-state index contributed by atoms with van der Waals surface area (Å²) in [6.45, 7) is -0.258. The highest BCUT2D eigenvalue weighted by Gasteiger charge is 2.48. The molecule has 1 spiro atoms. The number of sulfonamides is 1. The van der Waals surface area contributed by atoms with E-state index in [1.54, 1.807) is 0 Å². The van der Waals surface area contributed by atoms with Crippen LogP contribution in [0.15, 0.2) is 28.6 Å². The Hall–Kier alpha value is -2.93. The standard InChI is InChI=1S/C25H31F3N4O5S/c1-37-21(33)16-29-19-8-7-17(20(15-19)25(26,27)28)9-14-38(35,36)32-12-10-24(11-13-32)23(34)30-22(31-24)18-5-3-2-4-6-18/h7-9,14-15,18,29H,2-6,10-13,16H2,1H3,(H,30,31,34)/b14-9+. The van der Waals surface area contributed by atoms with Crippen LogP contribution in [0.2, 0.25) is 0 Å². The maximum Gasteiger partial charge on any atom is 0.417 e. The van der Waals surface area contributed by atoms with E-state index in [1.807, 2.05) is 0 Å². The Morgan fingerprint density at radius 3 is 2.55 bits per heavy atom. The average molecular weight is 557 g/mol. The quantitative estimate of drug-likeness (QED) is 0.497. The summed E-state index contributed by atoms with van der Waals surface area (Å²) in [6.07, 6.45) is 1.87. The predicted octanol–water partition coefficient (Wildman–Crippen LogP) is 3.53. The van der Waals surface area contributed by atoms with Crippen molar-refractivity contribution in [1.82, 2.24) is 9.62 Å². The zero-order chi connectivity index (χ0) is 27.6. The Morgan fingerprint density at radius 1 is 1.24 bits per heavy atom. The number of rotatable bonds is 7. The minimum absolute atomic E-state index is 0.0318. The van der Waals surface area contributed by atoms with Gasteiger partial charge in [-0.05, 0) is 49.5 Å². The third kappa shape index (κ3) is 6.20. The molecule has 2 aliphatic heterocycles. The fraction of sp³-hybridized carbons (Fsp3) is 0.560. The first kappa shape index (κ1) is 28.1. The summed E-state index contributed by atoms with van der Waals surface area (Å²) in [5.74, 6) is 0.0704. The fourth-order valence-corrected chi connectivity index (χ4v) is 6.29. The molecular weight excluding hydrogens is 525 g/mol. The topological polar surface area (TPSA) is 117 Å². The van der Waals surface area contributed by atoms with E-state index in [4.69, 9.17) is 4.99 Å². The predicted molar refractivity (Wildman–Crippen MR) is 136 cm³/mol. The summed E-state index contributed by atoms with van der Waals surface area (Å²) in [5, 5.41) is 6.21. The van der Waals surface area contributed by atoms with Gasteiger partial charge in [0.2, 0.25) is 10.0 Å². The number of amides is 1. The van der Waals surface area contributed by atoms with Crippen molar-refractivity contribution in [2.24, 2.45) is 10.9 Å². The van der Waals surface area contributed by atoms with Gasteiger partial charge >= 0.3 is 12.1 Å². The lowest BCUT2D eigenvalue weighted by atomic mass is 9.88. The van der Waals surface area contributed by atoms with Gasteiger partial charge in [0.15, 0.2) is 0 Å². The minimum Gasteiger partial charge on any atom is -0.468 e. The number of alkyl halides is 3. The van der Waals surface area contributed by atoms with E-state index in [1.165, 1.54) is 12.5 Å². The normalized spacial score (nSPS) is 20.9. The molecular formula is C25H31F3N4O5S. The molecule has 2 fully saturated rings. The first-order chi connectivity index (χ1) is 17.9. The van der Waals surface area contributed by atoms with Gasteiger partial charge in [-0.3, -0.25) is 14.6 Å². The van der Waals surface area contributed by atoms with Crippen LogP contribution in [0.5, 0.6) is 0 Å². The Morgan fingerprint density at radius 2 is 1.92 bits per heavy atom. The number of hydrogen-bond acceptors (Lipinski definition) is 7. The van der Waals surface area contributed by atoms with Gasteiger partial charge in [0.1, 0.15) is 17.9 Å². The summed E-state index contributed by atoms with van der Waals surface area (Å²) in [7, 11) is -2.89. The van der Waals surface area contributed by atoms with Gasteiger partial charge in [0, 0.05) is 30.1 Å². The Bertz CT molecular complexity index is 1230. The monoisotopic (exact) mass is 556 g/mol. The van der Waals surface area contributed by atoms with Crippen molar-refractivity contribution in [2.75, 3.05) is 32.1 Å². The van der Waals surface area contributed by atoms with E-state index < -0.39 is 33.3 Å². The fourth-order valence-electron chi connectivity index (χ4n) is 5.11. The van der Waals surface area contributed by atoms with Crippen LogP contribution < -0.4 is 10.6 Å². The second-order valence-corrected chi connectivity index (χ2v) is 11.6. The minimum atomic E-state index is -4.76. The number of methoxy groups -OCH3 is 1. The number of piperidine rings is 1. The summed E-state index contributed by atoms with van der Waals surface area (Å²) >= 11 is 0. The van der Waals surface area contributed by atoms with Crippen LogP contribution in [0.25, 0.3) is 6.08 Å². The van der Waals surface area contributed by atoms with E-state index in [9.17, 15) is 31.2 Å². The first-order valence-electron chi connectivity index (χ1n) is 12.5. The van der Waals surface area contributed by atoms with Crippen molar-refractivity contribution in [3.05, 3.63) is 34.7 Å². The van der Waals surface area contributed by atoms with Crippen molar-refractivity contribution in [2.45, 2.75) is 56.7 Å². The highest BCUT2D eigenvalue weighted by atomic mass is 32.2. The second kappa shape index (κ2) is 11.0. The zero-order valence-corrected chi connectivity index (χ0v) is 21.8. The summed E-state index contributed by atoms with van der Waals surface area (Å²) < 4.78 is 72.6. The molecule has 9 nitrogen and oxygen atoms in total. The molecule has 1 saturated heterocycles. The van der Waals surface area contributed by atoms with Gasteiger partial charge in [-0.15, -0.1) is 0 Å². The number of anilines is 1. The number of carbonyl (C=O) groups excluding carboxylic acids is 2. The largest absolute Gasteiger partial charge is 0.468 e. The summed E-state index contributed by atoms with van der Waals surface area (Å²) in [5.41, 5.74) is -2.34. The molecule has 0 bridgehead atoms. The molecule has 0 unspecified atom stereocenters. The number of esters is 1. The highest BCUT2D eigenvalue weighted by Crippen LogP contribution is 2.36. The molecule has 1 aromatic rings. The molecule has 0 atom stereocenters. The number of nitrogens with one attached hydrogen (secondary N) is 2. The third-order valence-corrected chi connectivity index (χ3v) is 8.91. The maximum absolute atomic E-state index is 13.7. The summed E-state index contributed by atoms with van der Waals surface area (Å²) in [4.78, 5) is 28.8. The zero-order valence-electron chi connectivity index (χ0n) is 21.0. The molecule has 1 saturated carbocycles. The van der Waals surface area contributed by atoms with Crippen LogP contribution in [0, 0.1) is 5.92 Å². The Kier molecular flexibility index (Phi) is 8.17. The van der Waals surface area contributed by atoms with Crippen LogP contribution in [0.4, 0.5) is 18.9 Å². The molecule has 38 heavy (non-hydrogen) atoms. The molecule has 3 aliphatic rings. The number of carbonyl (C=O) groups is 2. The number of benzene rings is 1. The van der Waals surface area contributed by atoms with Crippen LogP contribution in [-0.2, 0) is 30.5 Å². The molecule has 0 radical (unpaired) electrons. The number of halogens is 3. The Labute approximate surface area is 219 Å². The van der Waals surface area contributed by atoms with Crippen LogP contribution in [-0.4, -0.2) is 62.7 Å². The van der Waals surface area contributed by atoms with Crippen molar-refractivity contribution >= 4 is 39.5 Å². The molecule has 4 rings (SSSR count). The lowest BCUT2D eigenvalue weighted by Crippen LogP contribution is -2.50. The van der Waals surface area contributed by atoms with Crippen LogP contribution >= 0.6 is 0 Å². The molecule has 208 valence electrons. The third-order valence-electron chi connectivity index (χ3n) is 7.34.